The summed E-state index contributed by atoms with van der Waals surface area (Å²) in [6.07, 6.45) is 1.36. The van der Waals surface area contributed by atoms with Crippen molar-refractivity contribution >= 4 is 18.0 Å². The van der Waals surface area contributed by atoms with Gasteiger partial charge in [0.25, 0.3) is 0 Å². The van der Waals surface area contributed by atoms with Gasteiger partial charge in [-0.3, -0.25) is 9.59 Å². The van der Waals surface area contributed by atoms with Crippen molar-refractivity contribution in [3.63, 3.8) is 0 Å². The highest BCUT2D eigenvalue weighted by Gasteiger charge is 2.29. The van der Waals surface area contributed by atoms with Crippen LogP contribution in [0.15, 0.2) is 24.3 Å². The molecule has 0 aliphatic heterocycles. The van der Waals surface area contributed by atoms with Crippen molar-refractivity contribution in [3.8, 4) is 0 Å². The predicted molar refractivity (Wildman–Crippen MR) is 75.6 cm³/mol. The van der Waals surface area contributed by atoms with Gasteiger partial charge in [-0.1, -0.05) is 12.1 Å². The molecule has 0 fully saturated rings. The molecule has 0 aliphatic rings. The molecular weight excluding hydrogens is 242 g/mol. The maximum absolute atomic E-state index is 12.2. The number of carbonyl (C=O) groups is 2. The van der Waals surface area contributed by atoms with Gasteiger partial charge in [0, 0.05) is 18.8 Å². The Labute approximate surface area is 113 Å². The van der Waals surface area contributed by atoms with E-state index >= 15 is 0 Å². The Morgan fingerprint density at radius 2 is 1.89 bits per heavy atom. The van der Waals surface area contributed by atoms with Crippen LogP contribution >= 0.6 is 0 Å². The van der Waals surface area contributed by atoms with Crippen LogP contribution in [0.3, 0.4) is 0 Å². The van der Waals surface area contributed by atoms with Crippen LogP contribution in [0.5, 0.6) is 0 Å². The second-order valence-corrected chi connectivity index (χ2v) is 4.93. The number of carbonyl (C=O) groups excluding carboxylic acids is 2. The third-order valence-electron chi connectivity index (χ3n) is 3.07. The highest BCUT2D eigenvalue weighted by atomic mass is 16.2. The first-order valence-electron chi connectivity index (χ1n) is 6.30. The number of nitrogens with two attached hydrogens (primary N) is 1. The van der Waals surface area contributed by atoms with Crippen molar-refractivity contribution in [1.29, 1.82) is 0 Å². The second-order valence-electron chi connectivity index (χ2n) is 4.93. The molecule has 0 spiro atoms. The number of hydrogen-bond acceptors (Lipinski definition) is 3. The minimum atomic E-state index is -0.605. The fourth-order valence-corrected chi connectivity index (χ4v) is 1.70. The summed E-state index contributed by atoms with van der Waals surface area (Å²) in [6, 6.07) is 7.31. The highest BCUT2D eigenvalue weighted by Crippen LogP contribution is 2.24. The normalized spacial score (nSPS) is 10.8. The zero-order valence-corrected chi connectivity index (χ0v) is 11.4. The average molecular weight is 263 g/mol. The summed E-state index contributed by atoms with van der Waals surface area (Å²) in [6.45, 7) is 4.85. The molecule has 1 aromatic rings. The number of amides is 2. The smallest absolute Gasteiger partial charge is 0.230 e. The summed E-state index contributed by atoms with van der Waals surface area (Å²) in [7, 11) is 0. The van der Waals surface area contributed by atoms with Gasteiger partial charge in [0.15, 0.2) is 0 Å². The fourth-order valence-electron chi connectivity index (χ4n) is 1.70. The molecule has 19 heavy (non-hydrogen) atoms. The molecule has 5 heteroatoms. The molecule has 0 aromatic heterocycles. The van der Waals surface area contributed by atoms with Gasteiger partial charge >= 0.3 is 0 Å². The topological polar surface area (TPSA) is 84.2 Å². The van der Waals surface area contributed by atoms with Crippen LogP contribution in [0, 0.1) is 0 Å². The summed E-state index contributed by atoms with van der Waals surface area (Å²) in [5, 5.41) is 5.42. The third kappa shape index (κ3) is 4.28. The van der Waals surface area contributed by atoms with Gasteiger partial charge in [-0.2, -0.15) is 0 Å². The lowest BCUT2D eigenvalue weighted by Crippen LogP contribution is -2.41. The first-order valence-corrected chi connectivity index (χ1v) is 6.30. The van der Waals surface area contributed by atoms with E-state index in [0.29, 0.717) is 31.6 Å². The van der Waals surface area contributed by atoms with E-state index in [1.807, 2.05) is 26.0 Å². The Morgan fingerprint density at radius 1 is 1.26 bits per heavy atom. The molecule has 1 aromatic carbocycles. The first kappa shape index (κ1) is 15.0. The molecule has 104 valence electrons. The molecule has 4 N–H and O–H groups in total. The molecule has 0 bridgehead atoms. The van der Waals surface area contributed by atoms with Gasteiger partial charge in [-0.15, -0.1) is 0 Å². The lowest BCUT2D eigenvalue weighted by molar-refractivity contribution is -0.125. The van der Waals surface area contributed by atoms with Crippen molar-refractivity contribution in [3.05, 3.63) is 29.8 Å². The van der Waals surface area contributed by atoms with Crippen LogP contribution in [0.1, 0.15) is 25.8 Å². The lowest BCUT2D eigenvalue weighted by Gasteiger charge is -2.24. The van der Waals surface area contributed by atoms with Gasteiger partial charge in [-0.25, -0.2) is 0 Å². The van der Waals surface area contributed by atoms with Crippen LogP contribution in [0.4, 0.5) is 5.69 Å². The van der Waals surface area contributed by atoms with Gasteiger partial charge in [0.1, 0.15) is 0 Å². The van der Waals surface area contributed by atoms with E-state index in [9.17, 15) is 9.59 Å². The van der Waals surface area contributed by atoms with E-state index in [1.54, 1.807) is 12.1 Å². The van der Waals surface area contributed by atoms with Crippen LogP contribution in [0.25, 0.3) is 0 Å². The molecule has 5 nitrogen and oxygen atoms in total. The minimum Gasteiger partial charge on any atom is -0.399 e. The van der Waals surface area contributed by atoms with Crippen molar-refractivity contribution in [1.82, 2.24) is 10.6 Å². The van der Waals surface area contributed by atoms with E-state index in [2.05, 4.69) is 10.6 Å². The minimum absolute atomic E-state index is 0.0385. The SMILES string of the molecule is CC(C)(C(=O)NCCCNC=O)c1ccc(N)cc1. The summed E-state index contributed by atoms with van der Waals surface area (Å²) in [5.74, 6) is -0.0385. The predicted octanol–water partition coefficient (Wildman–Crippen LogP) is 0.799. The van der Waals surface area contributed by atoms with Crippen molar-refractivity contribution < 1.29 is 9.59 Å². The first-order chi connectivity index (χ1) is 8.98. The van der Waals surface area contributed by atoms with E-state index in [0.717, 1.165) is 5.56 Å². The molecule has 0 saturated carbocycles. The fraction of sp³-hybridized carbons (Fsp3) is 0.429. The molecule has 1 rings (SSSR count). The monoisotopic (exact) mass is 263 g/mol. The van der Waals surface area contributed by atoms with E-state index in [4.69, 9.17) is 5.73 Å². The molecule has 0 saturated heterocycles. The molecule has 2 amide bonds. The number of hydrogen-bond donors (Lipinski definition) is 3. The molecule has 0 radical (unpaired) electrons. The number of nitrogen functional groups attached to an aromatic ring is 1. The summed E-state index contributed by atoms with van der Waals surface area (Å²) >= 11 is 0. The maximum Gasteiger partial charge on any atom is 0.230 e. The molecule has 0 heterocycles. The van der Waals surface area contributed by atoms with Gasteiger partial charge in [-0.05, 0) is 38.0 Å². The Hall–Kier alpha value is -2.04. The lowest BCUT2D eigenvalue weighted by atomic mass is 9.83. The Morgan fingerprint density at radius 3 is 2.47 bits per heavy atom. The van der Waals surface area contributed by atoms with E-state index in [1.165, 1.54) is 0 Å². The Kier molecular flexibility index (Phi) is 5.36. The van der Waals surface area contributed by atoms with Crippen molar-refractivity contribution in [2.24, 2.45) is 0 Å². The van der Waals surface area contributed by atoms with Crippen LogP contribution in [-0.2, 0) is 15.0 Å². The van der Waals surface area contributed by atoms with E-state index < -0.39 is 5.41 Å². The number of benzene rings is 1. The van der Waals surface area contributed by atoms with E-state index in [-0.39, 0.29) is 5.91 Å². The average Bonchev–Trinajstić information content (AvgIpc) is 2.38. The number of anilines is 1. The number of rotatable bonds is 7. The van der Waals surface area contributed by atoms with Crippen molar-refractivity contribution in [2.75, 3.05) is 18.8 Å². The van der Waals surface area contributed by atoms with Crippen molar-refractivity contribution in [2.45, 2.75) is 25.7 Å². The Bertz CT molecular complexity index is 427. The van der Waals surface area contributed by atoms with Crippen LogP contribution < -0.4 is 16.4 Å². The molecule has 0 atom stereocenters. The quantitative estimate of drug-likeness (QED) is 0.386. The third-order valence-corrected chi connectivity index (χ3v) is 3.07. The zero-order valence-electron chi connectivity index (χ0n) is 11.4. The standard InChI is InChI=1S/C14H21N3O2/c1-14(2,11-4-6-12(15)7-5-11)13(19)17-9-3-8-16-10-18/h4-7,10H,3,8-9,15H2,1-2H3,(H,16,18)(H,17,19). The molecule has 0 unspecified atom stereocenters. The second kappa shape index (κ2) is 6.78. The summed E-state index contributed by atoms with van der Waals surface area (Å²) < 4.78 is 0. The Balaban J connectivity index is 2.54. The van der Waals surface area contributed by atoms with Gasteiger partial charge < -0.3 is 16.4 Å². The molecular formula is C14H21N3O2. The maximum atomic E-state index is 12.2. The highest BCUT2D eigenvalue weighted by molar-refractivity contribution is 5.87. The van der Waals surface area contributed by atoms with Crippen LogP contribution in [-0.4, -0.2) is 25.4 Å². The zero-order chi connectivity index (χ0) is 14.3. The largest absolute Gasteiger partial charge is 0.399 e. The van der Waals surface area contributed by atoms with Gasteiger partial charge in [0.05, 0.1) is 5.41 Å². The molecule has 0 aliphatic carbocycles. The van der Waals surface area contributed by atoms with Gasteiger partial charge in [0.2, 0.25) is 12.3 Å². The summed E-state index contributed by atoms with van der Waals surface area (Å²) in [4.78, 5) is 22.2. The van der Waals surface area contributed by atoms with Crippen LogP contribution in [0.2, 0.25) is 0 Å². The summed E-state index contributed by atoms with van der Waals surface area (Å²) in [5.41, 5.74) is 6.63. The number of nitrogens with one attached hydrogen (secondary N) is 2.